The van der Waals surface area contributed by atoms with Gasteiger partial charge in [-0.25, -0.2) is 0 Å². The topological polar surface area (TPSA) is 17.1 Å². The molecule has 46 valence electrons. The van der Waals surface area contributed by atoms with E-state index < -0.39 is 0 Å². The Morgan fingerprint density at radius 2 is 1.78 bits per heavy atom. The Labute approximate surface area is 102 Å². The molecule has 0 aromatic carbocycles. The molecular formula is C6H14Na2O. The van der Waals surface area contributed by atoms with Crippen LogP contribution >= 0.6 is 0 Å². The van der Waals surface area contributed by atoms with Gasteiger partial charge in [-0.1, -0.05) is 19.8 Å². The van der Waals surface area contributed by atoms with E-state index in [9.17, 15) is 4.79 Å². The molecule has 1 nitrogen and oxygen atoms in total. The van der Waals surface area contributed by atoms with Crippen molar-refractivity contribution in [2.45, 2.75) is 32.6 Å². The summed E-state index contributed by atoms with van der Waals surface area (Å²) in [6.07, 6.45) is 5.19. The number of unbranched alkanes of at least 4 members (excludes halogenated alkanes) is 3. The number of hydrogen-bond donors (Lipinski definition) is 0. The Morgan fingerprint density at radius 1 is 1.22 bits per heavy atom. The van der Waals surface area contributed by atoms with E-state index in [1.54, 1.807) is 0 Å². The Bertz CT molecular complexity index is 48.3. The molecule has 0 aromatic heterocycles. The maximum atomic E-state index is 9.68. The first-order valence-corrected chi connectivity index (χ1v) is 2.85. The Kier molecular flexibility index (Phi) is 30.8. The first-order chi connectivity index (χ1) is 3.41. The molecule has 0 saturated heterocycles. The second-order valence-corrected chi connectivity index (χ2v) is 1.66. The summed E-state index contributed by atoms with van der Waals surface area (Å²) in [5.74, 6) is 0. The van der Waals surface area contributed by atoms with E-state index in [2.05, 4.69) is 6.92 Å². The molecule has 0 aromatic rings. The molecule has 0 amide bonds. The fourth-order valence-electron chi connectivity index (χ4n) is 0.478. The predicted molar refractivity (Wildman–Crippen MR) is 44.5 cm³/mol. The van der Waals surface area contributed by atoms with Gasteiger partial charge in [0.2, 0.25) is 0 Å². The maximum absolute atomic E-state index is 9.68. The molecule has 3 heteroatoms. The molecule has 9 heavy (non-hydrogen) atoms. The van der Waals surface area contributed by atoms with E-state index >= 15 is 0 Å². The van der Waals surface area contributed by atoms with Crippen LogP contribution in [0.5, 0.6) is 0 Å². The predicted octanol–water partition coefficient (Wildman–Crippen LogP) is 0.469. The second-order valence-electron chi connectivity index (χ2n) is 1.66. The standard InChI is InChI=1S/C6H12O.2Na.2H/c1-2-3-4-5-6-7;;;;/h6H,2-5H2,1H3;;;;. The monoisotopic (exact) mass is 148 g/mol. The van der Waals surface area contributed by atoms with Crippen molar-refractivity contribution in [1.82, 2.24) is 0 Å². The van der Waals surface area contributed by atoms with Crippen molar-refractivity contribution in [2.75, 3.05) is 0 Å². The summed E-state index contributed by atoms with van der Waals surface area (Å²) in [4.78, 5) is 9.68. The zero-order valence-corrected chi connectivity index (χ0v) is 4.81. The van der Waals surface area contributed by atoms with Crippen LogP contribution < -0.4 is 0 Å². The van der Waals surface area contributed by atoms with Gasteiger partial charge in [-0.15, -0.1) is 0 Å². The normalized spacial score (nSPS) is 6.78. The van der Waals surface area contributed by atoms with Crippen molar-refractivity contribution in [1.29, 1.82) is 0 Å². The van der Waals surface area contributed by atoms with Gasteiger partial charge in [-0.2, -0.15) is 0 Å². The Morgan fingerprint density at radius 3 is 2.11 bits per heavy atom. The molecule has 0 unspecified atom stereocenters. The first kappa shape index (κ1) is 17.0. The SMILES string of the molecule is CCCCCC=O.[NaH].[NaH]. The number of carbonyl (C=O) groups excluding carboxylic acids is 1. The van der Waals surface area contributed by atoms with Crippen molar-refractivity contribution in [3.05, 3.63) is 0 Å². The van der Waals surface area contributed by atoms with Crippen molar-refractivity contribution in [3.63, 3.8) is 0 Å². The van der Waals surface area contributed by atoms with Crippen molar-refractivity contribution in [2.24, 2.45) is 0 Å². The molecule has 0 heterocycles. The fourth-order valence-corrected chi connectivity index (χ4v) is 0.478. The molecule has 0 aliphatic carbocycles. The summed E-state index contributed by atoms with van der Waals surface area (Å²) in [5, 5.41) is 0. The molecule has 0 saturated carbocycles. The van der Waals surface area contributed by atoms with Crippen molar-refractivity contribution in [3.8, 4) is 0 Å². The number of carbonyl (C=O) groups is 1. The van der Waals surface area contributed by atoms with Gasteiger partial charge in [0.15, 0.2) is 0 Å². The molecule has 0 aliphatic rings. The van der Waals surface area contributed by atoms with Gasteiger partial charge in [0, 0.05) is 6.42 Å². The molecular weight excluding hydrogens is 134 g/mol. The quantitative estimate of drug-likeness (QED) is 0.322. The molecule has 0 aliphatic heterocycles. The van der Waals surface area contributed by atoms with E-state index in [0.29, 0.717) is 0 Å². The third kappa shape index (κ3) is 17.7. The van der Waals surface area contributed by atoms with Crippen molar-refractivity contribution < 1.29 is 4.79 Å². The third-order valence-electron chi connectivity index (χ3n) is 0.926. The summed E-state index contributed by atoms with van der Waals surface area (Å²) in [6.45, 7) is 2.13. The van der Waals surface area contributed by atoms with E-state index in [-0.39, 0.29) is 59.1 Å². The summed E-state index contributed by atoms with van der Waals surface area (Å²) in [7, 11) is 0. The van der Waals surface area contributed by atoms with Gasteiger partial charge >= 0.3 is 59.1 Å². The van der Waals surface area contributed by atoms with Gasteiger partial charge in [0.25, 0.3) is 0 Å². The third-order valence-corrected chi connectivity index (χ3v) is 0.926. The van der Waals surface area contributed by atoms with Crippen LogP contribution in [-0.4, -0.2) is 65.4 Å². The Balaban J connectivity index is -0.000000180. The molecule has 0 N–H and O–H groups in total. The number of hydrogen-bond acceptors (Lipinski definition) is 1. The molecule has 0 bridgehead atoms. The minimum absolute atomic E-state index is 0. The van der Waals surface area contributed by atoms with Gasteiger partial charge in [0.1, 0.15) is 6.29 Å². The van der Waals surface area contributed by atoms with E-state index in [1.165, 1.54) is 12.8 Å². The van der Waals surface area contributed by atoms with Crippen LogP contribution in [0.1, 0.15) is 32.6 Å². The van der Waals surface area contributed by atoms with Crippen LogP contribution in [0.2, 0.25) is 0 Å². The molecule has 0 radical (unpaired) electrons. The van der Waals surface area contributed by atoms with Crippen LogP contribution in [-0.2, 0) is 4.79 Å². The molecule has 0 spiro atoms. The number of rotatable bonds is 4. The summed E-state index contributed by atoms with van der Waals surface area (Å²) in [5.41, 5.74) is 0. The van der Waals surface area contributed by atoms with Gasteiger partial charge in [-0.3, -0.25) is 0 Å². The van der Waals surface area contributed by atoms with Gasteiger partial charge < -0.3 is 4.79 Å². The average Bonchev–Trinajstić information content (AvgIpc) is 1.69. The van der Waals surface area contributed by atoms with Crippen LogP contribution in [0.15, 0.2) is 0 Å². The summed E-state index contributed by atoms with van der Waals surface area (Å²) >= 11 is 0. The average molecular weight is 148 g/mol. The van der Waals surface area contributed by atoms with E-state index in [1.807, 2.05) is 0 Å². The second kappa shape index (κ2) is 16.3. The molecule has 0 atom stereocenters. The van der Waals surface area contributed by atoms with Gasteiger partial charge in [-0.05, 0) is 6.42 Å². The van der Waals surface area contributed by atoms with Crippen LogP contribution in [0.4, 0.5) is 0 Å². The summed E-state index contributed by atoms with van der Waals surface area (Å²) in [6, 6.07) is 0. The zero-order chi connectivity index (χ0) is 5.54. The van der Waals surface area contributed by atoms with Crippen molar-refractivity contribution >= 4 is 65.4 Å². The van der Waals surface area contributed by atoms with Crippen LogP contribution in [0.25, 0.3) is 0 Å². The fraction of sp³-hybridized carbons (Fsp3) is 0.833. The van der Waals surface area contributed by atoms with Gasteiger partial charge in [0.05, 0.1) is 0 Å². The first-order valence-electron chi connectivity index (χ1n) is 2.85. The zero-order valence-electron chi connectivity index (χ0n) is 4.81. The van der Waals surface area contributed by atoms with E-state index in [4.69, 9.17) is 0 Å². The van der Waals surface area contributed by atoms with Crippen LogP contribution in [0, 0.1) is 0 Å². The summed E-state index contributed by atoms with van der Waals surface area (Å²) < 4.78 is 0. The number of aldehydes is 1. The van der Waals surface area contributed by atoms with E-state index in [0.717, 1.165) is 19.1 Å². The minimum atomic E-state index is 0. The Hall–Kier alpha value is 1.67. The molecule has 0 fully saturated rings. The van der Waals surface area contributed by atoms with Crippen LogP contribution in [0.3, 0.4) is 0 Å². The molecule has 0 rings (SSSR count).